The fraction of sp³-hybridized carbons (Fsp3) is 0.200. The number of ether oxygens (including phenoxy) is 1. The molecule has 0 amide bonds. The number of rotatable bonds is 1. The first kappa shape index (κ1) is 10.5. The van der Waals surface area contributed by atoms with E-state index in [0.717, 1.165) is 16.5 Å². The maximum Gasteiger partial charge on any atom is 0.357 e. The molecule has 0 unspecified atom stereocenters. The van der Waals surface area contributed by atoms with Crippen LogP contribution >= 0.6 is 0 Å². The van der Waals surface area contributed by atoms with Crippen molar-refractivity contribution in [1.82, 2.24) is 9.38 Å². The summed E-state index contributed by atoms with van der Waals surface area (Å²) in [5.74, 6) is -2.22. The van der Waals surface area contributed by atoms with E-state index >= 15 is 0 Å². The summed E-state index contributed by atoms with van der Waals surface area (Å²) in [5.41, 5.74) is -0.108. The summed E-state index contributed by atoms with van der Waals surface area (Å²) in [5, 5.41) is 0. The van der Waals surface area contributed by atoms with Crippen molar-refractivity contribution in [3.8, 4) is 0 Å². The Hall–Kier alpha value is -1.98. The minimum atomic E-state index is -0.766. The normalized spacial score (nSPS) is 10.8. The Morgan fingerprint density at radius 1 is 1.44 bits per heavy atom. The van der Waals surface area contributed by atoms with E-state index < -0.39 is 17.7 Å². The summed E-state index contributed by atoms with van der Waals surface area (Å²) < 4.78 is 32.1. The highest BCUT2D eigenvalue weighted by atomic mass is 19.1. The van der Waals surface area contributed by atoms with Crippen LogP contribution in [0.4, 0.5) is 8.78 Å². The van der Waals surface area contributed by atoms with E-state index in [4.69, 9.17) is 0 Å². The first-order valence-electron chi connectivity index (χ1n) is 4.47. The van der Waals surface area contributed by atoms with E-state index in [9.17, 15) is 13.6 Å². The van der Waals surface area contributed by atoms with Crippen LogP contribution in [0.25, 0.3) is 5.65 Å². The van der Waals surface area contributed by atoms with Gasteiger partial charge in [-0.25, -0.2) is 14.2 Å². The lowest BCUT2D eigenvalue weighted by Crippen LogP contribution is -2.09. The van der Waals surface area contributed by atoms with E-state index in [0.29, 0.717) is 0 Å². The molecular weight excluding hydrogens is 218 g/mol. The van der Waals surface area contributed by atoms with Gasteiger partial charge in [-0.3, -0.25) is 4.40 Å². The van der Waals surface area contributed by atoms with Gasteiger partial charge in [-0.15, -0.1) is 0 Å². The average Bonchev–Trinajstić information content (AvgIpc) is 2.61. The predicted octanol–water partition coefficient (Wildman–Crippen LogP) is 1.71. The number of hydrogen-bond acceptors (Lipinski definition) is 3. The minimum absolute atomic E-state index is 0.102. The van der Waals surface area contributed by atoms with Gasteiger partial charge in [0.25, 0.3) is 0 Å². The van der Waals surface area contributed by atoms with Crippen LogP contribution in [0.2, 0.25) is 0 Å². The lowest BCUT2D eigenvalue weighted by Gasteiger charge is -2.02. The Balaban J connectivity index is 2.88. The Labute approximate surface area is 89.5 Å². The number of nitrogens with zero attached hydrogens (tertiary/aromatic N) is 2. The van der Waals surface area contributed by atoms with Crippen LogP contribution in [-0.2, 0) is 4.74 Å². The second kappa shape index (κ2) is 3.55. The number of methoxy groups -OCH3 is 1. The Morgan fingerprint density at radius 2 is 2.12 bits per heavy atom. The van der Waals surface area contributed by atoms with E-state index in [1.807, 2.05) is 0 Å². The SMILES string of the molecule is COC(=O)c1c(C)nc2c(F)ccc(F)n12. The summed E-state index contributed by atoms with van der Waals surface area (Å²) >= 11 is 0. The van der Waals surface area contributed by atoms with Gasteiger partial charge in [-0.05, 0) is 19.1 Å². The van der Waals surface area contributed by atoms with Gasteiger partial charge in [0.1, 0.15) is 0 Å². The number of imidazole rings is 1. The largest absolute Gasteiger partial charge is 0.464 e. The van der Waals surface area contributed by atoms with Gasteiger partial charge >= 0.3 is 5.97 Å². The molecule has 6 heteroatoms. The maximum absolute atomic E-state index is 13.5. The number of carbonyl (C=O) groups excluding carboxylic acids is 1. The molecule has 0 bridgehead atoms. The summed E-state index contributed by atoms with van der Waals surface area (Å²) in [6.07, 6.45) is 0. The monoisotopic (exact) mass is 226 g/mol. The molecule has 84 valence electrons. The lowest BCUT2D eigenvalue weighted by atomic mass is 10.3. The molecule has 2 aromatic heterocycles. The van der Waals surface area contributed by atoms with E-state index in [2.05, 4.69) is 9.72 Å². The number of halogens is 2. The molecule has 0 aliphatic heterocycles. The number of carbonyl (C=O) groups is 1. The van der Waals surface area contributed by atoms with Crippen molar-refractivity contribution < 1.29 is 18.3 Å². The van der Waals surface area contributed by atoms with Crippen molar-refractivity contribution in [2.45, 2.75) is 6.92 Å². The van der Waals surface area contributed by atoms with Crippen molar-refractivity contribution in [1.29, 1.82) is 0 Å². The lowest BCUT2D eigenvalue weighted by molar-refractivity contribution is 0.0590. The molecule has 2 rings (SSSR count). The molecule has 0 aliphatic rings. The molecule has 0 radical (unpaired) electrons. The van der Waals surface area contributed by atoms with Gasteiger partial charge in [-0.2, -0.15) is 4.39 Å². The highest BCUT2D eigenvalue weighted by Crippen LogP contribution is 2.17. The molecule has 0 saturated carbocycles. The Morgan fingerprint density at radius 3 is 2.75 bits per heavy atom. The number of aromatic nitrogens is 2. The van der Waals surface area contributed by atoms with Crippen LogP contribution in [0.5, 0.6) is 0 Å². The number of pyridine rings is 1. The topological polar surface area (TPSA) is 43.6 Å². The van der Waals surface area contributed by atoms with Crippen LogP contribution in [0, 0.1) is 18.7 Å². The van der Waals surface area contributed by atoms with E-state index in [-0.39, 0.29) is 17.0 Å². The zero-order valence-corrected chi connectivity index (χ0v) is 8.62. The third-order valence-corrected chi connectivity index (χ3v) is 2.22. The van der Waals surface area contributed by atoms with Gasteiger partial charge in [0.2, 0.25) is 0 Å². The molecular formula is C10H8F2N2O2. The number of fused-ring (bicyclic) bond motifs is 1. The smallest absolute Gasteiger partial charge is 0.357 e. The highest BCUT2D eigenvalue weighted by Gasteiger charge is 2.21. The third-order valence-electron chi connectivity index (χ3n) is 2.22. The Bertz CT molecular complexity index is 578. The second-order valence-corrected chi connectivity index (χ2v) is 3.20. The Kier molecular flexibility index (Phi) is 2.34. The zero-order valence-electron chi connectivity index (χ0n) is 8.62. The van der Waals surface area contributed by atoms with Crippen LogP contribution < -0.4 is 0 Å². The zero-order chi connectivity index (χ0) is 11.9. The summed E-state index contributed by atoms with van der Waals surface area (Å²) in [6, 6.07) is 1.88. The quantitative estimate of drug-likeness (QED) is 0.549. The first-order chi connectivity index (χ1) is 7.56. The first-order valence-corrected chi connectivity index (χ1v) is 4.47. The van der Waals surface area contributed by atoms with Crippen molar-refractivity contribution in [3.63, 3.8) is 0 Å². The van der Waals surface area contributed by atoms with Crippen LogP contribution in [0.3, 0.4) is 0 Å². The second-order valence-electron chi connectivity index (χ2n) is 3.20. The fourth-order valence-corrected chi connectivity index (χ4v) is 1.52. The molecule has 0 atom stereocenters. The highest BCUT2D eigenvalue weighted by molar-refractivity contribution is 5.89. The molecule has 0 aliphatic carbocycles. The molecule has 4 nitrogen and oxygen atoms in total. The number of aryl methyl sites for hydroxylation is 1. The van der Waals surface area contributed by atoms with Crippen molar-refractivity contribution in [2.75, 3.05) is 7.11 Å². The summed E-state index contributed by atoms with van der Waals surface area (Å²) in [7, 11) is 1.17. The van der Waals surface area contributed by atoms with Crippen molar-refractivity contribution in [3.05, 3.63) is 35.3 Å². The average molecular weight is 226 g/mol. The number of hydrogen-bond donors (Lipinski definition) is 0. The number of esters is 1. The van der Waals surface area contributed by atoms with E-state index in [1.165, 1.54) is 14.0 Å². The standard InChI is InChI=1S/C10H8F2N2O2/c1-5-8(10(15)16-2)14-7(12)4-3-6(11)9(14)13-5/h3-4H,1-2H3. The molecule has 0 fully saturated rings. The van der Waals surface area contributed by atoms with Gasteiger partial charge in [-0.1, -0.05) is 0 Å². The van der Waals surface area contributed by atoms with Gasteiger partial charge in [0.15, 0.2) is 23.1 Å². The van der Waals surface area contributed by atoms with Gasteiger partial charge in [0, 0.05) is 0 Å². The van der Waals surface area contributed by atoms with Crippen LogP contribution in [0.15, 0.2) is 12.1 Å². The fourth-order valence-electron chi connectivity index (χ4n) is 1.52. The van der Waals surface area contributed by atoms with Gasteiger partial charge < -0.3 is 4.74 Å². The van der Waals surface area contributed by atoms with Crippen LogP contribution in [-0.4, -0.2) is 22.5 Å². The summed E-state index contributed by atoms with van der Waals surface area (Å²) in [6.45, 7) is 1.48. The molecule has 2 aromatic rings. The van der Waals surface area contributed by atoms with Crippen molar-refractivity contribution in [2.24, 2.45) is 0 Å². The third kappa shape index (κ3) is 1.34. The van der Waals surface area contributed by atoms with E-state index in [1.54, 1.807) is 0 Å². The maximum atomic E-state index is 13.5. The minimum Gasteiger partial charge on any atom is -0.464 e. The summed E-state index contributed by atoms with van der Waals surface area (Å²) in [4.78, 5) is 15.2. The molecule has 0 saturated heterocycles. The molecule has 0 spiro atoms. The van der Waals surface area contributed by atoms with Crippen LogP contribution in [0.1, 0.15) is 16.2 Å². The van der Waals surface area contributed by atoms with Gasteiger partial charge in [0.05, 0.1) is 12.8 Å². The molecule has 0 aromatic carbocycles. The molecule has 2 heterocycles. The molecule has 16 heavy (non-hydrogen) atoms. The molecule has 0 N–H and O–H groups in total. The predicted molar refractivity (Wildman–Crippen MR) is 51.2 cm³/mol. The van der Waals surface area contributed by atoms with Crippen molar-refractivity contribution >= 4 is 11.6 Å².